The van der Waals surface area contributed by atoms with E-state index in [0.717, 1.165) is 33.4 Å². The molecule has 0 radical (unpaired) electrons. The summed E-state index contributed by atoms with van der Waals surface area (Å²) in [5.74, 6) is 0. The first-order valence-electron chi connectivity index (χ1n) is 21.3. The Morgan fingerprint density at radius 2 is 0.710 bits per heavy atom. The van der Waals surface area contributed by atoms with E-state index in [4.69, 9.17) is 9.97 Å². The summed E-state index contributed by atoms with van der Waals surface area (Å²) in [4.78, 5) is 10.2. The molecule has 13 aromatic rings. The highest BCUT2D eigenvalue weighted by Gasteiger charge is 2.22. The van der Waals surface area contributed by atoms with Crippen molar-refractivity contribution in [2.75, 3.05) is 0 Å². The molecule has 0 saturated heterocycles. The standard InChI is InChI=1S/C60H36N2/c1-3-17-40-37(15-1)33-53(46-23-9-5-19-42(40)46)59-49-25-11-12-26-50(49)60(54-34-38-16-2-4-18-41(38)43-20-6-10-24-47(43)54)55-35-39(30-31-51(55)59)56-28-13-29-57(62-56)52-36-58-48(27-14-32-61-58)44-21-7-8-22-45(44)52/h1-36H. The molecule has 0 saturated carbocycles. The van der Waals surface area contributed by atoms with Crippen molar-refractivity contribution in [1.82, 2.24) is 9.97 Å². The van der Waals surface area contributed by atoms with Gasteiger partial charge >= 0.3 is 0 Å². The van der Waals surface area contributed by atoms with Gasteiger partial charge in [0.05, 0.1) is 16.9 Å². The van der Waals surface area contributed by atoms with E-state index in [1.807, 2.05) is 12.3 Å². The van der Waals surface area contributed by atoms with E-state index in [2.05, 4.69) is 206 Å². The predicted octanol–water partition coefficient (Wildman–Crippen LogP) is 16.4. The molecule has 0 bridgehead atoms. The second kappa shape index (κ2) is 13.7. The van der Waals surface area contributed by atoms with Crippen molar-refractivity contribution in [3.05, 3.63) is 219 Å². The second-order valence-corrected chi connectivity index (χ2v) is 16.4. The molecule has 0 atom stereocenters. The molecule has 11 aromatic carbocycles. The fourth-order valence-electron chi connectivity index (χ4n) is 10.3. The molecule has 2 heterocycles. The maximum Gasteiger partial charge on any atom is 0.0716 e. The summed E-state index contributed by atoms with van der Waals surface area (Å²) < 4.78 is 0. The molecule has 62 heavy (non-hydrogen) atoms. The summed E-state index contributed by atoms with van der Waals surface area (Å²) in [5.41, 5.74) is 9.90. The molecule has 0 aliphatic heterocycles. The quantitative estimate of drug-likeness (QED) is 0.131. The molecule has 2 aromatic heterocycles. The van der Waals surface area contributed by atoms with E-state index in [0.29, 0.717) is 0 Å². The average molecular weight is 785 g/mol. The van der Waals surface area contributed by atoms with Gasteiger partial charge in [0, 0.05) is 22.7 Å². The molecule has 0 N–H and O–H groups in total. The molecule has 0 aliphatic carbocycles. The molecule has 0 fully saturated rings. The molecule has 2 nitrogen and oxygen atoms in total. The van der Waals surface area contributed by atoms with Crippen LogP contribution in [-0.4, -0.2) is 9.97 Å². The third-order valence-corrected chi connectivity index (χ3v) is 13.0. The van der Waals surface area contributed by atoms with Crippen LogP contribution in [-0.2, 0) is 0 Å². The van der Waals surface area contributed by atoms with Crippen LogP contribution < -0.4 is 0 Å². The van der Waals surface area contributed by atoms with E-state index >= 15 is 0 Å². The van der Waals surface area contributed by atoms with Crippen LogP contribution in [0.3, 0.4) is 0 Å². The normalized spacial score (nSPS) is 11.9. The fraction of sp³-hybridized carbons (Fsp3) is 0. The predicted molar refractivity (Wildman–Crippen MR) is 264 cm³/mol. The van der Waals surface area contributed by atoms with Crippen molar-refractivity contribution in [3.8, 4) is 44.8 Å². The SMILES string of the molecule is c1cc(-c2ccc3c(-c4cc5ccccc5c5ccccc45)c4ccccc4c(-c4cc5ccccc5c5ccccc45)c3c2)nc(-c2cc3ncccc3c3ccccc23)c1. The highest BCUT2D eigenvalue weighted by molar-refractivity contribution is 6.28. The average Bonchev–Trinajstić information content (AvgIpc) is 3.35. The molecule has 286 valence electrons. The third-order valence-electron chi connectivity index (χ3n) is 13.0. The number of benzene rings is 11. The molecule has 0 amide bonds. The van der Waals surface area contributed by atoms with Crippen LogP contribution in [0.1, 0.15) is 0 Å². The minimum atomic E-state index is 0.925. The Balaban J connectivity index is 1.14. The number of pyridine rings is 2. The van der Waals surface area contributed by atoms with Gasteiger partial charge < -0.3 is 0 Å². The molecule has 0 unspecified atom stereocenters. The van der Waals surface area contributed by atoms with Crippen LogP contribution in [0.25, 0.3) is 131 Å². The number of hydrogen-bond donors (Lipinski definition) is 0. The molecule has 0 spiro atoms. The minimum Gasteiger partial charge on any atom is -0.256 e. The zero-order valence-corrected chi connectivity index (χ0v) is 33.7. The van der Waals surface area contributed by atoms with Gasteiger partial charge in [0.15, 0.2) is 0 Å². The number of nitrogens with zero attached hydrogens (tertiary/aromatic N) is 2. The van der Waals surface area contributed by atoms with Gasteiger partial charge in [-0.15, -0.1) is 0 Å². The van der Waals surface area contributed by atoms with Crippen molar-refractivity contribution in [2.45, 2.75) is 0 Å². The first kappa shape index (κ1) is 34.6. The Kier molecular flexibility index (Phi) is 7.64. The smallest absolute Gasteiger partial charge is 0.0716 e. The van der Waals surface area contributed by atoms with E-state index in [1.54, 1.807) is 0 Å². The zero-order valence-electron chi connectivity index (χ0n) is 33.7. The van der Waals surface area contributed by atoms with E-state index in [1.165, 1.54) is 97.7 Å². The number of aromatic nitrogens is 2. The third kappa shape index (κ3) is 5.23. The zero-order chi connectivity index (χ0) is 40.7. The second-order valence-electron chi connectivity index (χ2n) is 16.4. The lowest BCUT2D eigenvalue weighted by molar-refractivity contribution is 1.33. The van der Waals surface area contributed by atoms with Crippen LogP contribution in [0.15, 0.2) is 219 Å². The number of fused-ring (bicyclic) bond motifs is 11. The molecule has 2 heteroatoms. The van der Waals surface area contributed by atoms with Gasteiger partial charge in [-0.05, 0) is 140 Å². The van der Waals surface area contributed by atoms with Crippen molar-refractivity contribution < 1.29 is 0 Å². The first-order valence-corrected chi connectivity index (χ1v) is 21.3. The van der Waals surface area contributed by atoms with E-state index in [9.17, 15) is 0 Å². The van der Waals surface area contributed by atoms with Crippen LogP contribution in [0.5, 0.6) is 0 Å². The Bertz CT molecular complexity index is 3990. The van der Waals surface area contributed by atoms with Gasteiger partial charge in [-0.1, -0.05) is 170 Å². The van der Waals surface area contributed by atoms with Crippen LogP contribution in [0, 0.1) is 0 Å². The summed E-state index contributed by atoms with van der Waals surface area (Å²) in [7, 11) is 0. The van der Waals surface area contributed by atoms with Crippen molar-refractivity contribution in [2.24, 2.45) is 0 Å². The first-order chi connectivity index (χ1) is 30.8. The maximum absolute atomic E-state index is 5.46. The topological polar surface area (TPSA) is 25.8 Å². The van der Waals surface area contributed by atoms with Crippen molar-refractivity contribution in [1.29, 1.82) is 0 Å². The van der Waals surface area contributed by atoms with E-state index < -0.39 is 0 Å². The fourth-order valence-corrected chi connectivity index (χ4v) is 10.3. The van der Waals surface area contributed by atoms with Gasteiger partial charge in [-0.25, -0.2) is 4.98 Å². The highest BCUT2D eigenvalue weighted by Crippen LogP contribution is 2.49. The summed E-state index contributed by atoms with van der Waals surface area (Å²) >= 11 is 0. The lowest BCUT2D eigenvalue weighted by Gasteiger charge is -2.21. The molecular weight excluding hydrogens is 749 g/mol. The van der Waals surface area contributed by atoms with Gasteiger partial charge in [0.1, 0.15) is 0 Å². The summed E-state index contributed by atoms with van der Waals surface area (Å²) in [5, 5.41) is 18.3. The molecule has 0 aliphatic rings. The summed E-state index contributed by atoms with van der Waals surface area (Å²) in [6.07, 6.45) is 1.87. The number of rotatable bonds is 4. The largest absolute Gasteiger partial charge is 0.256 e. The Hall–Kier alpha value is -8.20. The van der Waals surface area contributed by atoms with Gasteiger partial charge in [-0.2, -0.15) is 0 Å². The summed E-state index contributed by atoms with van der Waals surface area (Å²) in [6.45, 7) is 0. The lowest BCUT2D eigenvalue weighted by atomic mass is 9.82. The number of hydrogen-bond acceptors (Lipinski definition) is 2. The van der Waals surface area contributed by atoms with Crippen LogP contribution in [0.4, 0.5) is 0 Å². The maximum atomic E-state index is 5.46. The Labute approximate surface area is 358 Å². The highest BCUT2D eigenvalue weighted by atomic mass is 14.7. The van der Waals surface area contributed by atoms with Gasteiger partial charge in [0.25, 0.3) is 0 Å². The van der Waals surface area contributed by atoms with Crippen LogP contribution in [0.2, 0.25) is 0 Å². The van der Waals surface area contributed by atoms with E-state index in [-0.39, 0.29) is 0 Å². The summed E-state index contributed by atoms with van der Waals surface area (Å²) in [6, 6.07) is 77.6. The Morgan fingerprint density at radius 1 is 0.258 bits per heavy atom. The van der Waals surface area contributed by atoms with Crippen LogP contribution >= 0.6 is 0 Å². The lowest BCUT2D eigenvalue weighted by Crippen LogP contribution is -1.95. The Morgan fingerprint density at radius 3 is 1.32 bits per heavy atom. The molecule has 13 rings (SSSR count). The van der Waals surface area contributed by atoms with Crippen molar-refractivity contribution in [3.63, 3.8) is 0 Å². The molecular formula is C60H36N2. The van der Waals surface area contributed by atoms with Gasteiger partial charge in [0.2, 0.25) is 0 Å². The van der Waals surface area contributed by atoms with Gasteiger partial charge in [-0.3, -0.25) is 4.98 Å². The van der Waals surface area contributed by atoms with Crippen molar-refractivity contribution >= 4 is 86.3 Å². The minimum absolute atomic E-state index is 0.925. The monoisotopic (exact) mass is 784 g/mol.